The minimum Gasteiger partial charge on any atom is -0.271 e. The zero-order valence-corrected chi connectivity index (χ0v) is 5.32. The topological polar surface area (TPSA) is 12.4 Å². The van der Waals surface area contributed by atoms with Gasteiger partial charge in [-0.05, 0) is 6.92 Å². The smallest absolute Gasteiger partial charge is 0.133 e. The summed E-state index contributed by atoms with van der Waals surface area (Å²) in [4.78, 5) is 3.49. The first-order chi connectivity index (χ1) is 3.63. The van der Waals surface area contributed by atoms with Crippen LogP contribution in [0.2, 0.25) is 0 Å². The molecule has 0 fully saturated rings. The minimum absolute atomic E-state index is 0.373. The van der Waals surface area contributed by atoms with Crippen molar-refractivity contribution in [1.29, 1.82) is 0 Å². The molecule has 0 radical (unpaired) electrons. The van der Waals surface area contributed by atoms with Crippen LogP contribution in [0.4, 0.5) is 4.39 Å². The van der Waals surface area contributed by atoms with E-state index in [1.807, 2.05) is 0 Å². The van der Waals surface area contributed by atoms with Crippen LogP contribution in [0.1, 0.15) is 6.92 Å². The molecule has 0 N–H and O–H groups in total. The third kappa shape index (κ3) is 5.63. The lowest BCUT2D eigenvalue weighted by Gasteiger charge is -1.87. The normalized spacial score (nSPS) is 14.4. The molecule has 0 bridgehead atoms. The first-order valence-corrected chi connectivity index (χ1v) is 2.58. The van der Waals surface area contributed by atoms with Crippen LogP contribution in [0.15, 0.2) is 17.4 Å². The van der Waals surface area contributed by atoms with E-state index in [1.165, 1.54) is 0 Å². The zero-order valence-electron chi connectivity index (χ0n) is 4.56. The molecular weight excluding hydrogens is 129 g/mol. The third-order valence-corrected chi connectivity index (χ3v) is 0.533. The maximum absolute atomic E-state index is 11.7. The third-order valence-electron chi connectivity index (χ3n) is 0.420. The largest absolute Gasteiger partial charge is 0.271 e. The number of nitrogens with zero attached hydrogens (tertiary/aromatic N) is 1. The Labute approximate surface area is 52.9 Å². The molecule has 0 saturated heterocycles. The van der Waals surface area contributed by atoms with E-state index in [0.717, 1.165) is 6.21 Å². The van der Waals surface area contributed by atoms with Gasteiger partial charge in [-0.25, -0.2) is 4.39 Å². The van der Waals surface area contributed by atoms with Gasteiger partial charge in [-0.3, -0.25) is 4.99 Å². The summed E-state index contributed by atoms with van der Waals surface area (Å²) in [7, 11) is 0. The molecule has 0 aromatic rings. The molecule has 3 heteroatoms. The minimum atomic E-state index is -0.572. The Morgan fingerprint density at radius 3 is 2.62 bits per heavy atom. The first kappa shape index (κ1) is 7.63. The van der Waals surface area contributed by atoms with Crippen LogP contribution in [0.3, 0.4) is 0 Å². The summed E-state index contributed by atoms with van der Waals surface area (Å²) in [6, 6.07) is 0. The average Bonchev–Trinajstić information content (AvgIpc) is 1.61. The maximum Gasteiger partial charge on any atom is 0.133 e. The monoisotopic (exact) mass is 135 g/mol. The fraction of sp³-hybridized carbons (Fsp3) is 0.400. The molecule has 0 aliphatic heterocycles. The molecule has 0 amide bonds. The molecule has 0 aromatic carbocycles. The van der Waals surface area contributed by atoms with Gasteiger partial charge in [-0.15, -0.1) is 0 Å². The number of aliphatic imine (C=N–C) groups is 1. The summed E-state index contributed by atoms with van der Waals surface area (Å²) >= 11 is 5.32. The second-order valence-electron chi connectivity index (χ2n) is 1.30. The Bertz CT molecular complexity index is 109. The quantitative estimate of drug-likeness (QED) is 0.313. The Morgan fingerprint density at radius 2 is 2.50 bits per heavy atom. The van der Waals surface area contributed by atoms with Crippen molar-refractivity contribution in [2.75, 3.05) is 0 Å². The van der Waals surface area contributed by atoms with Crippen LogP contribution < -0.4 is 0 Å². The lowest BCUT2D eigenvalue weighted by Crippen LogP contribution is -1.83. The van der Waals surface area contributed by atoms with Crippen molar-refractivity contribution >= 4 is 17.8 Å². The van der Waals surface area contributed by atoms with Crippen LogP contribution >= 0.6 is 11.6 Å². The van der Waals surface area contributed by atoms with Gasteiger partial charge >= 0.3 is 0 Å². The van der Waals surface area contributed by atoms with E-state index in [-0.39, 0.29) is 5.50 Å². The van der Waals surface area contributed by atoms with Crippen LogP contribution in [0.5, 0.6) is 0 Å². The lowest BCUT2D eigenvalue weighted by atomic mass is 10.6. The Kier molecular flexibility index (Phi) is 3.44. The van der Waals surface area contributed by atoms with Crippen molar-refractivity contribution in [2.24, 2.45) is 4.99 Å². The standard InChI is InChI=1S/C5H7ClFN/c1-4(7)3-8-5(2)6/h3,5H,1H2,2H3/b8-3-. The van der Waals surface area contributed by atoms with Crippen molar-refractivity contribution in [3.05, 3.63) is 12.4 Å². The van der Waals surface area contributed by atoms with Crippen molar-refractivity contribution in [3.63, 3.8) is 0 Å². The molecule has 1 atom stereocenters. The van der Waals surface area contributed by atoms with Crippen LogP contribution in [-0.2, 0) is 0 Å². The highest BCUT2D eigenvalue weighted by molar-refractivity contribution is 6.20. The van der Waals surface area contributed by atoms with Gasteiger partial charge in [-0.2, -0.15) is 0 Å². The van der Waals surface area contributed by atoms with E-state index < -0.39 is 5.83 Å². The van der Waals surface area contributed by atoms with Crippen molar-refractivity contribution in [1.82, 2.24) is 0 Å². The highest BCUT2D eigenvalue weighted by atomic mass is 35.5. The fourth-order valence-electron chi connectivity index (χ4n) is 0.184. The number of alkyl halides is 1. The summed E-state index contributed by atoms with van der Waals surface area (Å²) in [5.74, 6) is -0.572. The van der Waals surface area contributed by atoms with Gasteiger partial charge in [0.1, 0.15) is 11.3 Å². The maximum atomic E-state index is 11.7. The van der Waals surface area contributed by atoms with E-state index in [0.29, 0.717) is 0 Å². The Balaban J connectivity index is 3.50. The Morgan fingerprint density at radius 1 is 2.00 bits per heavy atom. The molecule has 0 aromatic heterocycles. The fourth-order valence-corrected chi connectivity index (χ4v) is 0.240. The van der Waals surface area contributed by atoms with Crippen molar-refractivity contribution in [3.8, 4) is 0 Å². The van der Waals surface area contributed by atoms with Gasteiger partial charge in [0.15, 0.2) is 0 Å². The number of allylic oxidation sites excluding steroid dienone is 1. The predicted molar refractivity (Wildman–Crippen MR) is 34.1 cm³/mol. The van der Waals surface area contributed by atoms with Gasteiger partial charge in [-0.1, -0.05) is 18.2 Å². The predicted octanol–water partition coefficient (Wildman–Crippen LogP) is 2.13. The molecule has 0 aliphatic rings. The molecule has 0 spiro atoms. The highest BCUT2D eigenvalue weighted by Gasteiger charge is 1.85. The van der Waals surface area contributed by atoms with E-state index in [1.54, 1.807) is 6.92 Å². The molecule has 46 valence electrons. The summed E-state index contributed by atoms with van der Waals surface area (Å²) in [5, 5.41) is 0. The van der Waals surface area contributed by atoms with E-state index in [2.05, 4.69) is 11.6 Å². The van der Waals surface area contributed by atoms with Crippen LogP contribution in [-0.4, -0.2) is 11.7 Å². The molecule has 1 unspecified atom stereocenters. The van der Waals surface area contributed by atoms with Crippen LogP contribution in [0, 0.1) is 0 Å². The number of hydrogen-bond acceptors (Lipinski definition) is 1. The zero-order chi connectivity index (χ0) is 6.57. The number of hydrogen-bond donors (Lipinski definition) is 0. The highest BCUT2D eigenvalue weighted by Crippen LogP contribution is 1.94. The molecule has 0 heterocycles. The van der Waals surface area contributed by atoms with E-state index >= 15 is 0 Å². The molecule has 0 aliphatic carbocycles. The summed E-state index contributed by atoms with van der Waals surface area (Å²) in [6.45, 7) is 4.59. The van der Waals surface area contributed by atoms with Gasteiger partial charge in [0.05, 0.1) is 6.21 Å². The van der Waals surface area contributed by atoms with E-state index in [9.17, 15) is 4.39 Å². The molecule has 0 rings (SSSR count). The molecule has 1 nitrogen and oxygen atoms in total. The van der Waals surface area contributed by atoms with E-state index in [4.69, 9.17) is 11.6 Å². The SMILES string of the molecule is C=C(F)/C=N\C(C)Cl. The molecular formula is C5H7ClFN. The second-order valence-corrected chi connectivity index (χ2v) is 1.93. The van der Waals surface area contributed by atoms with Gasteiger partial charge < -0.3 is 0 Å². The second kappa shape index (κ2) is 3.61. The van der Waals surface area contributed by atoms with Crippen molar-refractivity contribution < 1.29 is 4.39 Å². The number of halogens is 2. The van der Waals surface area contributed by atoms with Gasteiger partial charge in [0.25, 0.3) is 0 Å². The van der Waals surface area contributed by atoms with Crippen molar-refractivity contribution in [2.45, 2.75) is 12.4 Å². The summed E-state index contributed by atoms with van der Waals surface area (Å²) < 4.78 is 11.7. The Hall–Kier alpha value is -0.370. The van der Waals surface area contributed by atoms with Gasteiger partial charge in [0, 0.05) is 0 Å². The van der Waals surface area contributed by atoms with Gasteiger partial charge in [0.2, 0.25) is 0 Å². The summed E-state index contributed by atoms with van der Waals surface area (Å²) in [5.41, 5.74) is -0.373. The number of rotatable bonds is 2. The lowest BCUT2D eigenvalue weighted by molar-refractivity contribution is 0.689. The molecule has 0 saturated carbocycles. The van der Waals surface area contributed by atoms with Crippen LogP contribution in [0.25, 0.3) is 0 Å². The first-order valence-electron chi connectivity index (χ1n) is 2.14. The molecule has 8 heavy (non-hydrogen) atoms. The summed E-state index contributed by atoms with van der Waals surface area (Å²) in [6.07, 6.45) is 0.998. The average molecular weight is 136 g/mol.